The van der Waals surface area contributed by atoms with Gasteiger partial charge in [0.05, 0.1) is 12.7 Å². The van der Waals surface area contributed by atoms with Crippen molar-refractivity contribution in [1.82, 2.24) is 9.55 Å². The number of rotatable bonds is 8. The number of aliphatic hydroxyl groups is 1. The summed E-state index contributed by atoms with van der Waals surface area (Å²) in [6.45, 7) is 13.1. The van der Waals surface area contributed by atoms with Gasteiger partial charge in [0, 0.05) is 18.2 Å². The molecule has 0 bridgehead atoms. The Morgan fingerprint density at radius 1 is 1.09 bits per heavy atom. The van der Waals surface area contributed by atoms with E-state index in [-0.39, 0.29) is 29.1 Å². The highest BCUT2D eigenvalue weighted by Crippen LogP contribution is 2.36. The van der Waals surface area contributed by atoms with Crippen molar-refractivity contribution >= 4 is 10.1 Å². The van der Waals surface area contributed by atoms with Gasteiger partial charge in [-0.2, -0.15) is 8.42 Å². The number of H-pyrrole nitrogens is 1. The van der Waals surface area contributed by atoms with Gasteiger partial charge in [-0.05, 0) is 41.4 Å². The van der Waals surface area contributed by atoms with E-state index in [0.717, 1.165) is 5.56 Å². The van der Waals surface area contributed by atoms with Crippen LogP contribution >= 0.6 is 0 Å². The van der Waals surface area contributed by atoms with Crippen LogP contribution in [0.2, 0.25) is 0 Å². The van der Waals surface area contributed by atoms with Gasteiger partial charge in [0.15, 0.2) is 0 Å². The third-order valence-corrected chi connectivity index (χ3v) is 7.79. The summed E-state index contributed by atoms with van der Waals surface area (Å²) in [6.07, 6.45) is -1.46. The number of ether oxygens (including phenoxy) is 1. The maximum atomic E-state index is 13.5. The number of nitrogens with zero attached hydrogens (tertiary/aromatic N) is 1. The first-order valence-corrected chi connectivity index (χ1v) is 13.4. The molecule has 1 aromatic carbocycles. The third kappa shape index (κ3) is 5.77. The Labute approximate surface area is 206 Å². The molecule has 2 heterocycles. The Balaban J connectivity index is 1.88. The lowest BCUT2D eigenvalue weighted by Gasteiger charge is -2.23. The predicted octanol–water partition coefficient (Wildman–Crippen LogP) is 3.27. The zero-order valence-electron chi connectivity index (χ0n) is 21.4. The summed E-state index contributed by atoms with van der Waals surface area (Å²) in [5.41, 5.74) is 1.61. The standard InChI is InChI=1S/C25H36N2O7S/c1-13(2)17-8-18(14(3)4)23(19(9-17)15(5)6)35(31,32)33-12-21-20(28)10-22(34-21)27-11-16(7)24(29)26-25(27)30/h8-9,11,13-15,20-22,28H,10,12H2,1-7H3,(H,26,29,30)/t20-,21+,22+/m0/s1. The predicted molar refractivity (Wildman–Crippen MR) is 132 cm³/mol. The van der Waals surface area contributed by atoms with E-state index in [1.165, 1.54) is 10.8 Å². The van der Waals surface area contributed by atoms with E-state index in [0.29, 0.717) is 16.7 Å². The molecule has 9 nitrogen and oxygen atoms in total. The second-order valence-corrected chi connectivity index (χ2v) is 11.7. The number of nitrogens with one attached hydrogen (secondary N) is 1. The van der Waals surface area contributed by atoms with E-state index in [4.69, 9.17) is 8.92 Å². The zero-order valence-corrected chi connectivity index (χ0v) is 22.2. The lowest BCUT2D eigenvalue weighted by atomic mass is 9.89. The molecule has 1 aliphatic heterocycles. The molecular formula is C25H36N2O7S. The molecule has 194 valence electrons. The highest BCUT2D eigenvalue weighted by molar-refractivity contribution is 7.86. The summed E-state index contributed by atoms with van der Waals surface area (Å²) in [7, 11) is -4.17. The highest BCUT2D eigenvalue weighted by atomic mass is 32.2. The fraction of sp³-hybridized carbons (Fsp3) is 0.600. The second-order valence-electron chi connectivity index (χ2n) is 10.1. The number of aliphatic hydroxyl groups excluding tert-OH is 1. The van der Waals surface area contributed by atoms with Crippen LogP contribution in [0.15, 0.2) is 32.8 Å². The molecule has 1 saturated heterocycles. The smallest absolute Gasteiger partial charge is 0.330 e. The number of aromatic amines is 1. The molecular weight excluding hydrogens is 472 g/mol. The van der Waals surface area contributed by atoms with E-state index in [9.17, 15) is 23.1 Å². The molecule has 3 rings (SSSR count). The normalized spacial score (nSPS) is 20.9. The minimum Gasteiger partial charge on any atom is -0.390 e. The van der Waals surface area contributed by atoms with E-state index < -0.39 is 46.4 Å². The Morgan fingerprint density at radius 2 is 1.66 bits per heavy atom. The fourth-order valence-corrected chi connectivity index (χ4v) is 5.83. The van der Waals surface area contributed by atoms with Crippen LogP contribution in [0.4, 0.5) is 0 Å². The van der Waals surface area contributed by atoms with E-state index in [2.05, 4.69) is 18.8 Å². The van der Waals surface area contributed by atoms with Crippen molar-refractivity contribution in [3.05, 3.63) is 61.4 Å². The van der Waals surface area contributed by atoms with Gasteiger partial charge in [-0.1, -0.05) is 53.7 Å². The molecule has 0 radical (unpaired) electrons. The van der Waals surface area contributed by atoms with Crippen LogP contribution in [0.1, 0.15) is 94.2 Å². The molecule has 0 aliphatic carbocycles. The number of aromatic nitrogens is 2. The van der Waals surface area contributed by atoms with Gasteiger partial charge in [0.25, 0.3) is 15.7 Å². The van der Waals surface area contributed by atoms with Crippen LogP contribution in [-0.4, -0.2) is 41.9 Å². The topological polar surface area (TPSA) is 128 Å². The van der Waals surface area contributed by atoms with Crippen molar-refractivity contribution in [1.29, 1.82) is 0 Å². The SMILES string of the molecule is Cc1cn([C@H]2C[C@H](O)[C@@H](COS(=O)(=O)c3c(C(C)C)cc(C(C)C)cc3C(C)C)O2)c(=O)[nH]c1=O. The van der Waals surface area contributed by atoms with Crippen LogP contribution in [0.25, 0.3) is 0 Å². The minimum absolute atomic E-state index is 0.0485. The minimum atomic E-state index is -4.17. The summed E-state index contributed by atoms with van der Waals surface area (Å²) in [6, 6.07) is 3.86. The van der Waals surface area contributed by atoms with Gasteiger partial charge in [-0.25, -0.2) is 4.79 Å². The van der Waals surface area contributed by atoms with Crippen LogP contribution < -0.4 is 11.2 Å². The molecule has 0 spiro atoms. The first-order chi connectivity index (χ1) is 16.2. The molecule has 0 unspecified atom stereocenters. The quantitative estimate of drug-likeness (QED) is 0.524. The first-order valence-electron chi connectivity index (χ1n) is 12.0. The molecule has 1 aliphatic rings. The lowest BCUT2D eigenvalue weighted by Crippen LogP contribution is -2.33. The molecule has 1 fully saturated rings. The maximum Gasteiger partial charge on any atom is 0.330 e. The van der Waals surface area contributed by atoms with E-state index in [1.54, 1.807) is 6.92 Å². The first kappa shape index (κ1) is 27.3. The lowest BCUT2D eigenvalue weighted by molar-refractivity contribution is -0.0400. The molecule has 35 heavy (non-hydrogen) atoms. The van der Waals surface area contributed by atoms with Gasteiger partial charge in [-0.15, -0.1) is 0 Å². The fourth-order valence-electron chi connectivity index (χ4n) is 4.23. The van der Waals surface area contributed by atoms with E-state index >= 15 is 0 Å². The summed E-state index contributed by atoms with van der Waals surface area (Å²) in [4.78, 5) is 26.2. The average molecular weight is 509 g/mol. The Kier molecular flexibility index (Phi) is 8.10. The monoisotopic (exact) mass is 508 g/mol. The van der Waals surface area contributed by atoms with Crippen LogP contribution in [-0.2, 0) is 19.0 Å². The molecule has 3 atom stereocenters. The van der Waals surface area contributed by atoms with Crippen molar-refractivity contribution < 1.29 is 22.4 Å². The molecule has 0 saturated carbocycles. The van der Waals surface area contributed by atoms with Gasteiger partial charge < -0.3 is 9.84 Å². The average Bonchev–Trinajstić information content (AvgIpc) is 3.13. The third-order valence-electron chi connectivity index (χ3n) is 6.38. The molecule has 2 aromatic rings. The van der Waals surface area contributed by atoms with Gasteiger partial charge >= 0.3 is 5.69 Å². The Hall–Kier alpha value is -2.27. The maximum absolute atomic E-state index is 13.5. The molecule has 2 N–H and O–H groups in total. The summed E-state index contributed by atoms with van der Waals surface area (Å²) in [5.74, 6) is 0.141. The second kappa shape index (κ2) is 10.4. The number of hydrogen-bond donors (Lipinski definition) is 2. The molecule has 10 heteroatoms. The van der Waals surface area contributed by atoms with E-state index in [1.807, 2.05) is 39.8 Å². The van der Waals surface area contributed by atoms with Crippen molar-refractivity contribution in [2.24, 2.45) is 0 Å². The van der Waals surface area contributed by atoms with Crippen LogP contribution in [0, 0.1) is 6.92 Å². The number of aryl methyl sites for hydroxylation is 1. The van der Waals surface area contributed by atoms with Crippen molar-refractivity contribution in [3.8, 4) is 0 Å². The summed E-state index contributed by atoms with van der Waals surface area (Å²) in [5, 5.41) is 10.5. The number of benzene rings is 1. The van der Waals surface area contributed by atoms with Crippen LogP contribution in [0.5, 0.6) is 0 Å². The van der Waals surface area contributed by atoms with Crippen molar-refractivity contribution in [2.75, 3.05) is 6.61 Å². The highest BCUT2D eigenvalue weighted by Gasteiger charge is 2.38. The number of hydrogen-bond acceptors (Lipinski definition) is 7. The summed E-state index contributed by atoms with van der Waals surface area (Å²) < 4.78 is 39.3. The van der Waals surface area contributed by atoms with Gasteiger partial charge in [0.1, 0.15) is 17.2 Å². The van der Waals surface area contributed by atoms with Crippen molar-refractivity contribution in [2.45, 2.75) is 96.0 Å². The molecule has 0 amide bonds. The van der Waals surface area contributed by atoms with Gasteiger partial charge in [-0.3, -0.25) is 18.5 Å². The van der Waals surface area contributed by atoms with Crippen LogP contribution in [0.3, 0.4) is 0 Å². The molecule has 1 aromatic heterocycles. The largest absolute Gasteiger partial charge is 0.390 e. The zero-order chi connectivity index (χ0) is 26.2. The Bertz CT molecular complexity index is 1260. The van der Waals surface area contributed by atoms with Gasteiger partial charge in [0.2, 0.25) is 0 Å². The van der Waals surface area contributed by atoms with Crippen molar-refractivity contribution in [3.63, 3.8) is 0 Å². The Morgan fingerprint density at radius 3 is 2.17 bits per heavy atom. The summed E-state index contributed by atoms with van der Waals surface area (Å²) >= 11 is 0.